The van der Waals surface area contributed by atoms with E-state index in [-0.39, 0.29) is 10.4 Å². The van der Waals surface area contributed by atoms with E-state index in [1.54, 1.807) is 0 Å². The SMILES string of the molecule is CN(CC(=O)O)S(=O)(=O)c1cc(C(F)(F)F)ccc1F. The lowest BCUT2D eigenvalue weighted by molar-refractivity contribution is -0.138. The van der Waals surface area contributed by atoms with Crippen LogP contribution in [0.4, 0.5) is 17.6 Å². The van der Waals surface area contributed by atoms with Crippen LogP contribution < -0.4 is 0 Å². The van der Waals surface area contributed by atoms with Crippen molar-refractivity contribution in [1.29, 1.82) is 0 Å². The lowest BCUT2D eigenvalue weighted by Gasteiger charge is -2.16. The van der Waals surface area contributed by atoms with Crippen molar-refractivity contribution in [1.82, 2.24) is 4.31 Å². The molecule has 0 amide bonds. The average molecular weight is 315 g/mol. The number of carboxylic acids is 1. The molecule has 1 aromatic rings. The molecule has 5 nitrogen and oxygen atoms in total. The summed E-state index contributed by atoms with van der Waals surface area (Å²) in [6.45, 7) is -1.00. The van der Waals surface area contributed by atoms with Crippen molar-refractivity contribution in [2.75, 3.05) is 13.6 Å². The lowest BCUT2D eigenvalue weighted by Crippen LogP contribution is -2.32. The zero-order chi connectivity index (χ0) is 15.7. The third-order valence-corrected chi connectivity index (χ3v) is 4.12. The minimum Gasteiger partial charge on any atom is -0.480 e. The van der Waals surface area contributed by atoms with Crippen LogP contribution in [0.3, 0.4) is 0 Å². The van der Waals surface area contributed by atoms with Crippen LogP contribution >= 0.6 is 0 Å². The number of likely N-dealkylation sites (N-methyl/N-ethyl adjacent to an activating group) is 1. The Hall–Kier alpha value is -1.68. The molecule has 1 N–H and O–H groups in total. The Morgan fingerprint density at radius 1 is 1.35 bits per heavy atom. The van der Waals surface area contributed by atoms with Gasteiger partial charge in [0.05, 0.1) is 5.56 Å². The van der Waals surface area contributed by atoms with Gasteiger partial charge in [0.25, 0.3) is 0 Å². The van der Waals surface area contributed by atoms with Gasteiger partial charge in [0, 0.05) is 7.05 Å². The molecule has 0 saturated carbocycles. The first-order valence-electron chi connectivity index (χ1n) is 5.01. The van der Waals surface area contributed by atoms with Crippen molar-refractivity contribution in [2.24, 2.45) is 0 Å². The van der Waals surface area contributed by atoms with Gasteiger partial charge in [0.2, 0.25) is 10.0 Å². The first-order chi connectivity index (χ1) is 8.96. The van der Waals surface area contributed by atoms with E-state index in [9.17, 15) is 30.8 Å². The molecule has 0 aliphatic rings. The molecule has 0 atom stereocenters. The molecule has 1 rings (SSSR count). The molecule has 0 bridgehead atoms. The predicted molar refractivity (Wildman–Crippen MR) is 58.9 cm³/mol. The van der Waals surface area contributed by atoms with Gasteiger partial charge in [-0.2, -0.15) is 17.5 Å². The van der Waals surface area contributed by atoms with Crippen molar-refractivity contribution in [3.63, 3.8) is 0 Å². The zero-order valence-corrected chi connectivity index (χ0v) is 10.8. The van der Waals surface area contributed by atoms with Crippen molar-refractivity contribution < 1.29 is 35.9 Å². The minimum atomic E-state index is -4.84. The first-order valence-corrected chi connectivity index (χ1v) is 6.45. The molecule has 0 saturated heterocycles. The van der Waals surface area contributed by atoms with Crippen molar-refractivity contribution in [3.05, 3.63) is 29.6 Å². The van der Waals surface area contributed by atoms with Crippen molar-refractivity contribution in [3.8, 4) is 0 Å². The van der Waals surface area contributed by atoms with Crippen LogP contribution in [0, 0.1) is 5.82 Å². The van der Waals surface area contributed by atoms with E-state index < -0.39 is 45.0 Å². The maximum Gasteiger partial charge on any atom is 0.416 e. The highest BCUT2D eigenvalue weighted by molar-refractivity contribution is 7.89. The number of alkyl halides is 3. The Balaban J connectivity index is 3.34. The Morgan fingerprint density at radius 2 is 1.90 bits per heavy atom. The Kier molecular flexibility index (Phi) is 4.39. The third kappa shape index (κ3) is 3.45. The number of hydrogen-bond acceptors (Lipinski definition) is 3. The van der Waals surface area contributed by atoms with Crippen molar-refractivity contribution >= 4 is 16.0 Å². The van der Waals surface area contributed by atoms with Crippen LogP contribution in [0.15, 0.2) is 23.1 Å². The summed E-state index contributed by atoms with van der Waals surface area (Å²) in [5.41, 5.74) is -1.35. The van der Waals surface area contributed by atoms with E-state index in [2.05, 4.69) is 0 Å². The largest absolute Gasteiger partial charge is 0.480 e. The molecule has 0 aliphatic carbocycles. The smallest absolute Gasteiger partial charge is 0.416 e. The molecule has 0 aromatic heterocycles. The van der Waals surface area contributed by atoms with E-state index in [0.29, 0.717) is 12.1 Å². The van der Waals surface area contributed by atoms with E-state index >= 15 is 0 Å². The number of benzene rings is 1. The molecule has 0 heterocycles. The number of halogens is 4. The molecule has 112 valence electrons. The number of sulfonamides is 1. The molecule has 10 heteroatoms. The molecule has 20 heavy (non-hydrogen) atoms. The molecule has 0 aliphatic heterocycles. The fourth-order valence-electron chi connectivity index (χ4n) is 1.32. The standard InChI is InChI=1S/C10H9F4NO4S/c1-15(5-9(16)17)20(18,19)8-4-6(10(12,13)14)2-3-7(8)11/h2-4H,5H2,1H3,(H,16,17). The maximum atomic E-state index is 13.4. The van der Waals surface area contributed by atoms with Gasteiger partial charge in [0.15, 0.2) is 0 Å². The van der Waals surface area contributed by atoms with Crippen molar-refractivity contribution in [2.45, 2.75) is 11.1 Å². The number of hydrogen-bond donors (Lipinski definition) is 1. The first kappa shape index (κ1) is 16.4. The Morgan fingerprint density at radius 3 is 2.35 bits per heavy atom. The van der Waals surface area contributed by atoms with E-state index in [0.717, 1.165) is 7.05 Å². The number of carbonyl (C=O) groups is 1. The lowest BCUT2D eigenvalue weighted by atomic mass is 10.2. The molecule has 0 spiro atoms. The fraction of sp³-hybridized carbons (Fsp3) is 0.300. The summed E-state index contributed by atoms with van der Waals surface area (Å²) in [6, 6.07) is 0.888. The molecule has 1 aromatic carbocycles. The topological polar surface area (TPSA) is 74.7 Å². The number of nitrogens with zero attached hydrogens (tertiary/aromatic N) is 1. The quantitative estimate of drug-likeness (QED) is 0.856. The van der Waals surface area contributed by atoms with Gasteiger partial charge in [-0.3, -0.25) is 4.79 Å². The second kappa shape index (κ2) is 5.37. The Bertz CT molecular complexity index is 627. The monoisotopic (exact) mass is 315 g/mol. The molecular weight excluding hydrogens is 306 g/mol. The Labute approximate surface area is 111 Å². The maximum absolute atomic E-state index is 13.4. The van der Waals surface area contributed by atoms with Crippen LogP contribution in [0.1, 0.15) is 5.56 Å². The second-order valence-corrected chi connectivity index (χ2v) is 5.81. The third-order valence-electron chi connectivity index (χ3n) is 2.30. The fourth-order valence-corrected chi connectivity index (χ4v) is 2.53. The van der Waals surface area contributed by atoms with Crippen LogP contribution in [0.5, 0.6) is 0 Å². The van der Waals surface area contributed by atoms with Crippen LogP contribution in [0.2, 0.25) is 0 Å². The normalized spacial score (nSPS) is 12.7. The summed E-state index contributed by atoms with van der Waals surface area (Å²) in [6.07, 6.45) is -4.84. The van der Waals surface area contributed by atoms with Gasteiger partial charge in [0.1, 0.15) is 17.3 Å². The van der Waals surface area contributed by atoms with Gasteiger partial charge in [-0.1, -0.05) is 0 Å². The summed E-state index contributed by atoms with van der Waals surface area (Å²) in [4.78, 5) is 9.19. The van der Waals surface area contributed by atoms with Crippen LogP contribution in [-0.2, 0) is 21.0 Å². The summed E-state index contributed by atoms with van der Waals surface area (Å²) < 4.78 is 74.7. The average Bonchev–Trinajstić information content (AvgIpc) is 2.26. The summed E-state index contributed by atoms with van der Waals surface area (Å²) in [5.74, 6) is -2.92. The van der Waals surface area contributed by atoms with E-state index in [1.807, 2.05) is 0 Å². The molecular formula is C10H9F4NO4S. The molecule has 0 fully saturated rings. The number of aliphatic carboxylic acids is 1. The highest BCUT2D eigenvalue weighted by atomic mass is 32.2. The minimum absolute atomic E-state index is 0.128. The number of carboxylic acid groups (broad SMARTS) is 1. The second-order valence-electron chi connectivity index (χ2n) is 3.80. The highest BCUT2D eigenvalue weighted by Gasteiger charge is 2.34. The van der Waals surface area contributed by atoms with Gasteiger partial charge in [-0.25, -0.2) is 12.8 Å². The zero-order valence-electron chi connectivity index (χ0n) is 9.98. The van der Waals surface area contributed by atoms with Crippen LogP contribution in [-0.4, -0.2) is 37.4 Å². The van der Waals surface area contributed by atoms with E-state index in [1.165, 1.54) is 0 Å². The summed E-state index contributed by atoms with van der Waals surface area (Å²) in [7, 11) is -3.85. The van der Waals surface area contributed by atoms with Gasteiger partial charge in [-0.05, 0) is 18.2 Å². The number of rotatable bonds is 4. The van der Waals surface area contributed by atoms with Crippen LogP contribution in [0.25, 0.3) is 0 Å². The van der Waals surface area contributed by atoms with Gasteiger partial charge >= 0.3 is 12.1 Å². The molecule has 0 radical (unpaired) electrons. The summed E-state index contributed by atoms with van der Waals surface area (Å²) >= 11 is 0. The predicted octanol–water partition coefficient (Wildman–Crippen LogP) is 1.55. The van der Waals surface area contributed by atoms with Gasteiger partial charge in [-0.15, -0.1) is 0 Å². The highest BCUT2D eigenvalue weighted by Crippen LogP contribution is 2.32. The van der Waals surface area contributed by atoms with Gasteiger partial charge < -0.3 is 5.11 Å². The van der Waals surface area contributed by atoms with E-state index in [4.69, 9.17) is 5.11 Å². The summed E-state index contributed by atoms with van der Waals surface area (Å²) in [5, 5.41) is 8.47. The molecule has 0 unspecified atom stereocenters.